The molecule has 0 spiro atoms. The number of allylic oxidation sites excluding steroid dienone is 4. The van der Waals surface area contributed by atoms with E-state index in [0.717, 1.165) is 38.8 Å². The third-order valence-electron chi connectivity index (χ3n) is 5.08. The van der Waals surface area contributed by atoms with Gasteiger partial charge >= 0.3 is 0 Å². The lowest BCUT2D eigenvalue weighted by atomic mass is 9.98. The standard InChI is InChI=1S/C13H19NO3.C10H24N2O2/c1-2-3-4-5-6-7-8-10(15)11-9-12(17-11)13(14)16;1-3-9(7-13)11-5-6-12-10(4-2)8-14/h2-3,5-6,11-12H,4,7-9H2,1H3,(H2,14,16);9-14H,3-8H2,1-2H3/b3-2+,6-5+;/t;9-,10-/m.0/s1. The summed E-state index contributed by atoms with van der Waals surface area (Å²) in [5.41, 5.74) is 5.04. The van der Waals surface area contributed by atoms with E-state index in [1.807, 2.05) is 45.1 Å². The van der Waals surface area contributed by atoms with Crippen LogP contribution in [0.25, 0.3) is 0 Å². The molecule has 0 aliphatic carbocycles. The van der Waals surface area contributed by atoms with Crippen LogP contribution in [0.3, 0.4) is 0 Å². The van der Waals surface area contributed by atoms with Gasteiger partial charge in [-0.3, -0.25) is 9.59 Å². The normalized spacial score (nSPS) is 20.2. The summed E-state index contributed by atoms with van der Waals surface area (Å²) in [6.45, 7) is 8.10. The summed E-state index contributed by atoms with van der Waals surface area (Å²) in [5, 5.41) is 24.3. The average Bonchev–Trinajstić information content (AvgIpc) is 2.72. The lowest BCUT2D eigenvalue weighted by Crippen LogP contribution is -2.49. The van der Waals surface area contributed by atoms with Gasteiger partial charge in [0.2, 0.25) is 5.91 Å². The maximum Gasteiger partial charge on any atom is 0.246 e. The van der Waals surface area contributed by atoms with Gasteiger partial charge in [0.05, 0.1) is 13.2 Å². The molecular formula is C23H43N3O5. The number of nitrogens with one attached hydrogen (secondary N) is 2. The van der Waals surface area contributed by atoms with Crippen LogP contribution in [-0.2, 0) is 14.3 Å². The fraction of sp³-hybridized carbons (Fsp3) is 0.739. The molecule has 1 fully saturated rings. The number of hydrogen-bond acceptors (Lipinski definition) is 7. The zero-order valence-electron chi connectivity index (χ0n) is 19.4. The Morgan fingerprint density at radius 3 is 2.00 bits per heavy atom. The van der Waals surface area contributed by atoms with E-state index in [2.05, 4.69) is 10.6 Å². The summed E-state index contributed by atoms with van der Waals surface area (Å²) >= 11 is 0. The number of ether oxygens (including phenoxy) is 1. The molecule has 0 radical (unpaired) electrons. The van der Waals surface area contributed by atoms with Gasteiger partial charge < -0.3 is 31.3 Å². The summed E-state index contributed by atoms with van der Waals surface area (Å²) in [6, 6.07) is 0.400. The van der Waals surface area contributed by atoms with E-state index in [-0.39, 0.29) is 31.1 Å². The Bertz CT molecular complexity index is 511. The highest BCUT2D eigenvalue weighted by Gasteiger charge is 2.38. The number of amides is 1. The fourth-order valence-corrected chi connectivity index (χ4v) is 2.82. The van der Waals surface area contributed by atoms with E-state index in [9.17, 15) is 9.59 Å². The molecule has 8 heteroatoms. The lowest BCUT2D eigenvalue weighted by molar-refractivity contribution is -0.168. The minimum atomic E-state index is -0.561. The van der Waals surface area contributed by atoms with Gasteiger partial charge in [-0.2, -0.15) is 0 Å². The van der Waals surface area contributed by atoms with Crippen molar-refractivity contribution < 1.29 is 24.5 Å². The van der Waals surface area contributed by atoms with Gasteiger partial charge in [-0.1, -0.05) is 38.2 Å². The highest BCUT2D eigenvalue weighted by molar-refractivity contribution is 5.88. The van der Waals surface area contributed by atoms with Gasteiger partial charge in [0.25, 0.3) is 0 Å². The summed E-state index contributed by atoms with van der Waals surface area (Å²) in [4.78, 5) is 22.2. The number of Topliss-reactive ketones (excluding diaryl/α,β-unsaturated/α-hetero) is 1. The van der Waals surface area contributed by atoms with Crippen LogP contribution in [0.2, 0.25) is 0 Å². The molecule has 2 unspecified atom stereocenters. The average molecular weight is 442 g/mol. The molecule has 1 rings (SSSR count). The molecule has 0 aromatic rings. The smallest absolute Gasteiger partial charge is 0.246 e. The minimum Gasteiger partial charge on any atom is -0.395 e. The molecule has 0 aromatic carbocycles. The molecule has 31 heavy (non-hydrogen) atoms. The monoisotopic (exact) mass is 441 g/mol. The Kier molecular flexibility index (Phi) is 18.2. The Morgan fingerprint density at radius 1 is 1.03 bits per heavy atom. The van der Waals surface area contributed by atoms with Crippen molar-refractivity contribution in [3.63, 3.8) is 0 Å². The maximum absolute atomic E-state index is 11.6. The third kappa shape index (κ3) is 14.2. The summed E-state index contributed by atoms with van der Waals surface area (Å²) in [5.74, 6) is -0.432. The Balaban J connectivity index is 0.000000594. The SMILES string of the molecule is C/C=C/C/C=C/CCC(=O)C1CC(C(N)=O)O1.CC[C@@H](CO)NCCN[C@@H](CC)CO. The molecule has 1 aliphatic heterocycles. The van der Waals surface area contributed by atoms with Gasteiger partial charge in [-0.25, -0.2) is 0 Å². The first-order chi connectivity index (χ1) is 14.9. The predicted octanol–water partition coefficient (Wildman–Crippen LogP) is 1.21. The molecule has 8 nitrogen and oxygen atoms in total. The van der Waals surface area contributed by atoms with Crippen molar-refractivity contribution in [3.8, 4) is 0 Å². The zero-order chi connectivity index (χ0) is 23.5. The van der Waals surface area contributed by atoms with Crippen LogP contribution in [0.5, 0.6) is 0 Å². The number of aliphatic hydroxyl groups is 2. The number of carbonyl (C=O) groups is 2. The maximum atomic E-state index is 11.6. The first-order valence-electron chi connectivity index (χ1n) is 11.3. The molecule has 1 saturated heterocycles. The molecule has 1 heterocycles. The number of ketones is 1. The number of hydrogen-bond donors (Lipinski definition) is 5. The van der Waals surface area contributed by atoms with Crippen molar-refractivity contribution in [2.24, 2.45) is 5.73 Å². The Hall–Kier alpha value is -1.58. The molecule has 1 amide bonds. The predicted molar refractivity (Wildman–Crippen MR) is 124 cm³/mol. The number of primary amides is 1. The topological polar surface area (TPSA) is 134 Å². The quantitative estimate of drug-likeness (QED) is 0.179. The van der Waals surface area contributed by atoms with E-state index in [1.165, 1.54) is 0 Å². The third-order valence-corrected chi connectivity index (χ3v) is 5.08. The van der Waals surface area contributed by atoms with Gasteiger partial charge in [0, 0.05) is 38.0 Å². The second kappa shape index (κ2) is 19.1. The first kappa shape index (κ1) is 29.4. The Morgan fingerprint density at radius 2 is 1.58 bits per heavy atom. The van der Waals surface area contributed by atoms with Crippen LogP contribution in [0.15, 0.2) is 24.3 Å². The van der Waals surface area contributed by atoms with Crippen LogP contribution in [0, 0.1) is 0 Å². The molecule has 0 saturated carbocycles. The Labute approximate surface area is 187 Å². The van der Waals surface area contributed by atoms with Crippen LogP contribution in [0.4, 0.5) is 0 Å². The minimum absolute atomic E-state index is 0.0539. The zero-order valence-corrected chi connectivity index (χ0v) is 19.4. The van der Waals surface area contributed by atoms with Gasteiger partial charge in [0.1, 0.15) is 12.2 Å². The molecule has 0 bridgehead atoms. The van der Waals surface area contributed by atoms with Gasteiger partial charge in [0.15, 0.2) is 5.78 Å². The summed E-state index contributed by atoms with van der Waals surface area (Å²) < 4.78 is 5.10. The number of aliphatic hydroxyl groups excluding tert-OH is 2. The number of carbonyl (C=O) groups excluding carboxylic acids is 2. The van der Waals surface area contributed by atoms with Crippen LogP contribution in [-0.4, -0.2) is 72.5 Å². The van der Waals surface area contributed by atoms with Crippen LogP contribution in [0.1, 0.15) is 59.3 Å². The highest BCUT2D eigenvalue weighted by Crippen LogP contribution is 2.22. The first-order valence-corrected chi connectivity index (χ1v) is 11.3. The lowest BCUT2D eigenvalue weighted by Gasteiger charge is -2.32. The van der Waals surface area contributed by atoms with E-state index in [1.54, 1.807) is 0 Å². The molecular weight excluding hydrogens is 398 g/mol. The van der Waals surface area contributed by atoms with Crippen molar-refractivity contribution >= 4 is 11.7 Å². The molecule has 180 valence electrons. The second-order valence-electron chi connectivity index (χ2n) is 7.52. The van der Waals surface area contributed by atoms with E-state index in [4.69, 9.17) is 20.7 Å². The second-order valence-corrected chi connectivity index (χ2v) is 7.52. The summed E-state index contributed by atoms with van der Waals surface area (Å²) in [6.07, 6.45) is 11.5. The largest absolute Gasteiger partial charge is 0.395 e. The number of nitrogens with two attached hydrogens (primary N) is 1. The van der Waals surface area contributed by atoms with Crippen molar-refractivity contribution in [1.82, 2.24) is 10.6 Å². The van der Waals surface area contributed by atoms with Crippen molar-refractivity contribution in [2.75, 3.05) is 26.3 Å². The van der Waals surface area contributed by atoms with Crippen molar-refractivity contribution in [2.45, 2.75) is 83.6 Å². The van der Waals surface area contributed by atoms with Gasteiger partial charge in [-0.05, 0) is 32.6 Å². The number of rotatable bonds is 16. The highest BCUT2D eigenvalue weighted by atomic mass is 16.5. The summed E-state index contributed by atoms with van der Waals surface area (Å²) in [7, 11) is 0. The van der Waals surface area contributed by atoms with Crippen LogP contribution < -0.4 is 16.4 Å². The fourth-order valence-electron chi connectivity index (χ4n) is 2.82. The van der Waals surface area contributed by atoms with E-state index in [0.29, 0.717) is 12.8 Å². The molecule has 4 atom stereocenters. The van der Waals surface area contributed by atoms with Crippen molar-refractivity contribution in [1.29, 1.82) is 0 Å². The molecule has 0 aromatic heterocycles. The van der Waals surface area contributed by atoms with Crippen molar-refractivity contribution in [3.05, 3.63) is 24.3 Å². The molecule has 6 N–H and O–H groups in total. The van der Waals surface area contributed by atoms with E-state index < -0.39 is 18.1 Å². The van der Waals surface area contributed by atoms with Crippen LogP contribution >= 0.6 is 0 Å². The molecule has 1 aliphatic rings. The van der Waals surface area contributed by atoms with Gasteiger partial charge in [-0.15, -0.1) is 0 Å². The van der Waals surface area contributed by atoms with E-state index >= 15 is 0 Å².